The van der Waals surface area contributed by atoms with Crippen LogP contribution in [0.1, 0.15) is 16.7 Å². The zero-order chi connectivity index (χ0) is 24.1. The molecular weight excluding hydrogens is 472 g/mol. The first-order valence-electron chi connectivity index (χ1n) is 10.5. The van der Waals surface area contributed by atoms with Gasteiger partial charge >= 0.3 is 0 Å². The molecule has 1 N–H and O–H groups in total. The third-order valence-electron chi connectivity index (χ3n) is 5.14. The van der Waals surface area contributed by atoms with E-state index in [-0.39, 0.29) is 30.2 Å². The standard InChI is InChI=1S/C26H21ClN2O4S/c1-17-4-2-3-5-19(17)15-29-25(31)23(34-26(29)32)14-18-6-12-22(13-7-18)33-16-24(30)28-21-10-8-20(27)9-11-21/h2-14H,15-16H2,1H3,(H,28,30)/b23-14-. The summed E-state index contributed by atoms with van der Waals surface area (Å²) in [4.78, 5) is 38.9. The Kier molecular flexibility index (Phi) is 7.35. The van der Waals surface area contributed by atoms with Crippen LogP contribution >= 0.6 is 23.4 Å². The van der Waals surface area contributed by atoms with Gasteiger partial charge in [-0.25, -0.2) is 0 Å². The number of imide groups is 1. The molecule has 3 amide bonds. The zero-order valence-electron chi connectivity index (χ0n) is 18.3. The number of hydrogen-bond acceptors (Lipinski definition) is 5. The zero-order valence-corrected chi connectivity index (χ0v) is 19.9. The minimum absolute atomic E-state index is 0.153. The lowest BCUT2D eigenvalue weighted by Crippen LogP contribution is -2.27. The second-order valence-electron chi connectivity index (χ2n) is 7.61. The summed E-state index contributed by atoms with van der Waals surface area (Å²) < 4.78 is 5.53. The first kappa shape index (κ1) is 23.6. The Balaban J connectivity index is 1.34. The van der Waals surface area contributed by atoms with E-state index in [0.29, 0.717) is 21.4 Å². The third kappa shape index (κ3) is 5.87. The second-order valence-corrected chi connectivity index (χ2v) is 9.04. The summed E-state index contributed by atoms with van der Waals surface area (Å²) >= 11 is 6.76. The lowest BCUT2D eigenvalue weighted by atomic mass is 10.1. The fraction of sp³-hybridized carbons (Fsp3) is 0.115. The fourth-order valence-electron chi connectivity index (χ4n) is 3.28. The van der Waals surface area contributed by atoms with Gasteiger partial charge in [-0.3, -0.25) is 19.3 Å². The largest absolute Gasteiger partial charge is 0.484 e. The van der Waals surface area contributed by atoms with E-state index >= 15 is 0 Å². The predicted molar refractivity (Wildman–Crippen MR) is 135 cm³/mol. The van der Waals surface area contributed by atoms with Gasteiger partial charge in [0.2, 0.25) is 0 Å². The van der Waals surface area contributed by atoms with Crippen LogP contribution in [0.2, 0.25) is 5.02 Å². The molecule has 0 bridgehead atoms. The van der Waals surface area contributed by atoms with E-state index in [4.69, 9.17) is 16.3 Å². The van der Waals surface area contributed by atoms with Crippen LogP contribution in [0.3, 0.4) is 0 Å². The van der Waals surface area contributed by atoms with E-state index in [1.807, 2.05) is 31.2 Å². The summed E-state index contributed by atoms with van der Waals surface area (Å²) in [6, 6.07) is 21.4. The van der Waals surface area contributed by atoms with Crippen molar-refractivity contribution in [2.24, 2.45) is 0 Å². The van der Waals surface area contributed by atoms with E-state index in [2.05, 4.69) is 5.32 Å². The minimum Gasteiger partial charge on any atom is -0.484 e. The fourth-order valence-corrected chi connectivity index (χ4v) is 4.25. The van der Waals surface area contributed by atoms with Gasteiger partial charge in [-0.2, -0.15) is 0 Å². The molecule has 1 aliphatic heterocycles. The van der Waals surface area contributed by atoms with Crippen LogP contribution in [-0.4, -0.2) is 28.6 Å². The molecule has 0 radical (unpaired) electrons. The Labute approximate surface area is 206 Å². The van der Waals surface area contributed by atoms with Crippen molar-refractivity contribution in [1.29, 1.82) is 0 Å². The molecule has 0 aliphatic carbocycles. The molecule has 0 saturated carbocycles. The minimum atomic E-state index is -0.308. The van der Waals surface area contributed by atoms with Gasteiger partial charge < -0.3 is 10.1 Å². The number of amides is 3. The summed E-state index contributed by atoms with van der Waals surface area (Å²) in [6.07, 6.45) is 1.68. The van der Waals surface area contributed by atoms with Gasteiger partial charge in [0.25, 0.3) is 17.1 Å². The van der Waals surface area contributed by atoms with Gasteiger partial charge in [-0.05, 0) is 77.9 Å². The Morgan fingerprint density at radius 2 is 1.74 bits per heavy atom. The molecule has 3 aromatic rings. The summed E-state index contributed by atoms with van der Waals surface area (Å²) in [5.74, 6) is -0.0951. The monoisotopic (exact) mass is 492 g/mol. The molecule has 0 unspecified atom stereocenters. The summed E-state index contributed by atoms with van der Waals surface area (Å²) in [6.45, 7) is 2.05. The highest BCUT2D eigenvalue weighted by atomic mass is 35.5. The van der Waals surface area contributed by atoms with Crippen molar-refractivity contribution in [3.63, 3.8) is 0 Å². The predicted octanol–water partition coefficient (Wildman–Crippen LogP) is 5.90. The molecule has 8 heteroatoms. The summed E-state index contributed by atoms with van der Waals surface area (Å²) in [5.41, 5.74) is 3.35. The van der Waals surface area contributed by atoms with Crippen LogP contribution in [0.25, 0.3) is 6.08 Å². The van der Waals surface area contributed by atoms with E-state index in [1.165, 1.54) is 4.90 Å². The van der Waals surface area contributed by atoms with E-state index < -0.39 is 0 Å². The van der Waals surface area contributed by atoms with Gasteiger partial charge in [0.15, 0.2) is 6.61 Å². The van der Waals surface area contributed by atoms with Crippen molar-refractivity contribution in [3.8, 4) is 5.75 Å². The number of ether oxygens (including phenoxy) is 1. The summed E-state index contributed by atoms with van der Waals surface area (Å²) in [7, 11) is 0. The molecule has 4 rings (SSSR count). The number of halogens is 1. The van der Waals surface area contributed by atoms with Crippen molar-refractivity contribution in [3.05, 3.63) is 99.4 Å². The van der Waals surface area contributed by atoms with E-state index in [0.717, 1.165) is 28.5 Å². The number of carbonyl (C=O) groups is 3. The van der Waals surface area contributed by atoms with Gasteiger partial charge in [0.05, 0.1) is 11.4 Å². The number of nitrogens with one attached hydrogen (secondary N) is 1. The third-order valence-corrected chi connectivity index (χ3v) is 6.30. The maximum atomic E-state index is 12.8. The molecular formula is C26H21ClN2O4S. The maximum Gasteiger partial charge on any atom is 0.293 e. The first-order chi connectivity index (χ1) is 16.4. The summed E-state index contributed by atoms with van der Waals surface area (Å²) in [5, 5.41) is 3.03. The Hall–Kier alpha value is -3.55. The molecule has 0 atom stereocenters. The molecule has 0 spiro atoms. The highest BCUT2D eigenvalue weighted by Crippen LogP contribution is 2.33. The highest BCUT2D eigenvalue weighted by Gasteiger charge is 2.35. The number of aryl methyl sites for hydroxylation is 1. The van der Waals surface area contributed by atoms with Gasteiger partial charge in [-0.1, -0.05) is 48.0 Å². The van der Waals surface area contributed by atoms with Crippen molar-refractivity contribution in [1.82, 2.24) is 4.90 Å². The molecule has 1 fully saturated rings. The van der Waals surface area contributed by atoms with Crippen LogP contribution in [0.15, 0.2) is 77.7 Å². The van der Waals surface area contributed by atoms with Crippen LogP contribution in [0.5, 0.6) is 5.75 Å². The molecule has 172 valence electrons. The molecule has 1 saturated heterocycles. The van der Waals surface area contributed by atoms with Gasteiger partial charge in [0.1, 0.15) is 5.75 Å². The molecule has 34 heavy (non-hydrogen) atoms. The second kappa shape index (κ2) is 10.6. The van der Waals surface area contributed by atoms with Crippen molar-refractivity contribution in [2.45, 2.75) is 13.5 Å². The first-order valence-corrected chi connectivity index (χ1v) is 11.7. The number of rotatable bonds is 7. The number of nitrogens with zero attached hydrogens (tertiary/aromatic N) is 1. The van der Waals surface area contributed by atoms with Gasteiger partial charge in [0, 0.05) is 10.7 Å². The average molecular weight is 493 g/mol. The number of carbonyl (C=O) groups excluding carboxylic acids is 3. The average Bonchev–Trinajstić information content (AvgIpc) is 3.09. The van der Waals surface area contributed by atoms with E-state index in [1.54, 1.807) is 54.6 Å². The number of hydrogen-bond donors (Lipinski definition) is 1. The Morgan fingerprint density at radius 1 is 1.03 bits per heavy atom. The topological polar surface area (TPSA) is 75.7 Å². The van der Waals surface area contributed by atoms with Crippen molar-refractivity contribution < 1.29 is 19.1 Å². The van der Waals surface area contributed by atoms with Crippen molar-refractivity contribution in [2.75, 3.05) is 11.9 Å². The maximum absolute atomic E-state index is 12.8. The van der Waals surface area contributed by atoms with Gasteiger partial charge in [-0.15, -0.1) is 0 Å². The van der Waals surface area contributed by atoms with Crippen LogP contribution in [0.4, 0.5) is 10.5 Å². The highest BCUT2D eigenvalue weighted by molar-refractivity contribution is 8.18. The van der Waals surface area contributed by atoms with Crippen molar-refractivity contribution >= 4 is 52.2 Å². The molecule has 3 aromatic carbocycles. The molecule has 6 nitrogen and oxygen atoms in total. The van der Waals surface area contributed by atoms with E-state index in [9.17, 15) is 14.4 Å². The van der Waals surface area contributed by atoms with Crippen LogP contribution < -0.4 is 10.1 Å². The van der Waals surface area contributed by atoms with Crippen LogP contribution in [0, 0.1) is 6.92 Å². The number of thioether (sulfide) groups is 1. The molecule has 0 aromatic heterocycles. The SMILES string of the molecule is Cc1ccccc1CN1C(=O)S/C(=C\c2ccc(OCC(=O)Nc3ccc(Cl)cc3)cc2)C1=O. The molecule has 1 heterocycles. The smallest absolute Gasteiger partial charge is 0.293 e. The number of benzene rings is 3. The Morgan fingerprint density at radius 3 is 2.44 bits per heavy atom. The lowest BCUT2D eigenvalue weighted by Gasteiger charge is -2.14. The Bertz CT molecular complexity index is 1260. The number of anilines is 1. The lowest BCUT2D eigenvalue weighted by molar-refractivity contribution is -0.123. The normalized spacial score (nSPS) is 14.5. The molecule has 1 aliphatic rings. The quantitative estimate of drug-likeness (QED) is 0.415. The van der Waals surface area contributed by atoms with Crippen LogP contribution in [-0.2, 0) is 16.1 Å².